The van der Waals surface area contributed by atoms with Gasteiger partial charge in [0, 0.05) is 6.42 Å². The van der Waals surface area contributed by atoms with Crippen LogP contribution in [0.4, 0.5) is 0 Å². The van der Waals surface area contributed by atoms with Crippen LogP contribution in [0.25, 0.3) is 0 Å². The number of unbranched alkanes of at least 4 members (excludes halogenated alkanes) is 1. The number of ether oxygens (including phenoxy) is 1. The molecule has 0 rings (SSSR count). The Hall–Kier alpha value is -0.660. The fourth-order valence-corrected chi connectivity index (χ4v) is 1.24. The molecule has 0 spiro atoms. The predicted molar refractivity (Wildman–Crippen MR) is 51.9 cm³/mol. The average Bonchev–Trinajstić information content (AvgIpc) is 2.01. The molecule has 0 aliphatic carbocycles. The Morgan fingerprint density at radius 1 is 1.36 bits per heavy atom. The van der Waals surface area contributed by atoms with Crippen molar-refractivity contribution in [2.45, 2.75) is 26.2 Å². The summed E-state index contributed by atoms with van der Waals surface area (Å²) in [6, 6.07) is 0. The zero-order chi connectivity index (χ0) is 10.3. The molecule has 14 heavy (non-hydrogen) atoms. The van der Waals surface area contributed by atoms with Gasteiger partial charge < -0.3 is 10.9 Å². The topological polar surface area (TPSA) is 116 Å². The highest BCUT2D eigenvalue weighted by Crippen LogP contribution is 1.95. The van der Waals surface area contributed by atoms with E-state index in [0.717, 1.165) is 0 Å². The van der Waals surface area contributed by atoms with Crippen LogP contribution in [0.3, 0.4) is 0 Å². The lowest BCUT2D eigenvalue weighted by atomic mass is 10.3. The van der Waals surface area contributed by atoms with Gasteiger partial charge in [0.1, 0.15) is 0 Å². The van der Waals surface area contributed by atoms with Crippen molar-refractivity contribution in [2.24, 2.45) is 0 Å². The zero-order valence-corrected chi connectivity index (χ0v) is 9.05. The number of rotatable bonds is 6. The van der Waals surface area contributed by atoms with Gasteiger partial charge in [0.25, 0.3) is 10.1 Å². The summed E-state index contributed by atoms with van der Waals surface area (Å²) in [5.41, 5.74) is 0. The Morgan fingerprint density at radius 3 is 2.36 bits per heavy atom. The molecule has 0 radical (unpaired) electrons. The molecular formula is C7H17NO5S. The normalized spacial score (nSPS) is 10.4. The van der Waals surface area contributed by atoms with Crippen molar-refractivity contribution in [1.82, 2.24) is 6.15 Å². The van der Waals surface area contributed by atoms with Crippen LogP contribution in [-0.2, 0) is 19.6 Å². The predicted octanol–water partition coefficient (Wildman–Crippen LogP) is 0.770. The fourth-order valence-electron chi connectivity index (χ4n) is 0.675. The van der Waals surface area contributed by atoms with Crippen molar-refractivity contribution in [3.63, 3.8) is 0 Å². The molecule has 4 N–H and O–H groups in total. The lowest BCUT2D eigenvalue weighted by molar-refractivity contribution is -0.143. The van der Waals surface area contributed by atoms with Crippen LogP contribution in [0.15, 0.2) is 0 Å². The van der Waals surface area contributed by atoms with Crippen LogP contribution in [-0.4, -0.2) is 31.3 Å². The Balaban J connectivity index is 0. The molecule has 0 amide bonds. The monoisotopic (exact) mass is 227 g/mol. The van der Waals surface area contributed by atoms with E-state index in [1.54, 1.807) is 6.92 Å². The fraction of sp³-hybridized carbons (Fsp3) is 0.857. The highest BCUT2D eigenvalue weighted by molar-refractivity contribution is 7.85. The second-order valence-electron chi connectivity index (χ2n) is 2.57. The molecule has 0 aromatic heterocycles. The minimum absolute atomic E-state index is 0. The third-order valence-corrected chi connectivity index (χ3v) is 2.15. The SMILES string of the molecule is CCC(=O)OCCCCS(=O)(=O)O.N. The van der Waals surface area contributed by atoms with E-state index in [4.69, 9.17) is 9.29 Å². The summed E-state index contributed by atoms with van der Waals surface area (Å²) < 4.78 is 33.5. The zero-order valence-electron chi connectivity index (χ0n) is 8.23. The van der Waals surface area contributed by atoms with E-state index in [-0.39, 0.29) is 24.5 Å². The van der Waals surface area contributed by atoms with Gasteiger partial charge >= 0.3 is 5.97 Å². The van der Waals surface area contributed by atoms with Crippen molar-refractivity contribution in [1.29, 1.82) is 0 Å². The maximum absolute atomic E-state index is 10.6. The van der Waals surface area contributed by atoms with Gasteiger partial charge in [-0.15, -0.1) is 0 Å². The van der Waals surface area contributed by atoms with Crippen LogP contribution < -0.4 is 6.15 Å². The van der Waals surface area contributed by atoms with E-state index >= 15 is 0 Å². The highest BCUT2D eigenvalue weighted by atomic mass is 32.2. The van der Waals surface area contributed by atoms with Crippen molar-refractivity contribution >= 4 is 16.1 Å². The largest absolute Gasteiger partial charge is 0.466 e. The van der Waals surface area contributed by atoms with E-state index in [2.05, 4.69) is 0 Å². The molecule has 0 fully saturated rings. The average molecular weight is 227 g/mol. The lowest BCUT2D eigenvalue weighted by Crippen LogP contribution is -2.07. The van der Waals surface area contributed by atoms with Gasteiger partial charge in [0.15, 0.2) is 0 Å². The van der Waals surface area contributed by atoms with Gasteiger partial charge in [-0.1, -0.05) is 6.92 Å². The van der Waals surface area contributed by atoms with Gasteiger partial charge in [-0.2, -0.15) is 8.42 Å². The van der Waals surface area contributed by atoms with Gasteiger partial charge in [-0.25, -0.2) is 0 Å². The highest BCUT2D eigenvalue weighted by Gasteiger charge is 2.04. The first-order chi connectivity index (χ1) is 5.95. The molecular weight excluding hydrogens is 210 g/mol. The molecule has 0 aliphatic rings. The van der Waals surface area contributed by atoms with Gasteiger partial charge in [-0.05, 0) is 12.8 Å². The smallest absolute Gasteiger partial charge is 0.305 e. The Bertz CT molecular complexity index is 249. The van der Waals surface area contributed by atoms with E-state index in [0.29, 0.717) is 19.3 Å². The first-order valence-electron chi connectivity index (χ1n) is 4.06. The Morgan fingerprint density at radius 2 is 1.93 bits per heavy atom. The maximum Gasteiger partial charge on any atom is 0.305 e. The number of carbonyl (C=O) groups excluding carboxylic acids is 1. The summed E-state index contributed by atoms with van der Waals surface area (Å²) in [6.45, 7) is 1.89. The molecule has 0 unspecified atom stereocenters. The third-order valence-electron chi connectivity index (χ3n) is 1.35. The molecule has 0 saturated heterocycles. The quantitative estimate of drug-likeness (QED) is 0.393. The molecule has 0 aromatic rings. The summed E-state index contributed by atoms with van der Waals surface area (Å²) in [5.74, 6) is -0.580. The number of esters is 1. The molecule has 0 aromatic carbocycles. The molecule has 7 heteroatoms. The maximum atomic E-state index is 10.6. The lowest BCUT2D eigenvalue weighted by Gasteiger charge is -2.01. The van der Waals surface area contributed by atoms with Crippen LogP contribution in [0, 0.1) is 0 Å². The van der Waals surface area contributed by atoms with Crippen molar-refractivity contribution in [3.8, 4) is 0 Å². The van der Waals surface area contributed by atoms with Gasteiger partial charge in [0.2, 0.25) is 0 Å². The molecule has 0 heterocycles. The minimum atomic E-state index is -3.87. The summed E-state index contributed by atoms with van der Waals surface area (Å²) in [7, 11) is -3.87. The van der Waals surface area contributed by atoms with Crippen LogP contribution >= 0.6 is 0 Å². The van der Waals surface area contributed by atoms with E-state index < -0.39 is 10.1 Å². The van der Waals surface area contributed by atoms with Crippen molar-refractivity contribution in [3.05, 3.63) is 0 Å². The van der Waals surface area contributed by atoms with Crippen LogP contribution in [0.1, 0.15) is 26.2 Å². The minimum Gasteiger partial charge on any atom is -0.466 e. The molecule has 6 nitrogen and oxygen atoms in total. The third kappa shape index (κ3) is 11.3. The Labute approximate surface area is 84.0 Å². The second-order valence-corrected chi connectivity index (χ2v) is 4.14. The van der Waals surface area contributed by atoms with Crippen molar-refractivity contribution in [2.75, 3.05) is 12.4 Å². The number of hydrogen-bond acceptors (Lipinski definition) is 5. The Kier molecular flexibility index (Phi) is 8.71. The van der Waals surface area contributed by atoms with E-state index in [9.17, 15) is 13.2 Å². The molecule has 0 atom stereocenters. The summed E-state index contributed by atoms with van der Waals surface area (Å²) in [4.78, 5) is 10.6. The molecule has 0 aliphatic heterocycles. The van der Waals surface area contributed by atoms with Gasteiger partial charge in [-0.3, -0.25) is 9.35 Å². The van der Waals surface area contributed by atoms with E-state index in [1.165, 1.54) is 0 Å². The first kappa shape index (κ1) is 15.8. The number of hydrogen-bond donors (Lipinski definition) is 2. The summed E-state index contributed by atoms with van der Waals surface area (Å²) in [6.07, 6.45) is 1.07. The van der Waals surface area contributed by atoms with E-state index in [1.807, 2.05) is 0 Å². The number of carbonyl (C=O) groups is 1. The van der Waals surface area contributed by atoms with Crippen LogP contribution in [0.2, 0.25) is 0 Å². The summed E-state index contributed by atoms with van der Waals surface area (Å²) in [5, 5.41) is 0. The second kappa shape index (κ2) is 7.72. The molecule has 86 valence electrons. The standard InChI is InChI=1S/C7H14O5S.H3N/c1-2-7(8)12-5-3-4-6-13(9,10)11;/h2-6H2,1H3,(H,9,10,11);1H3. The molecule has 0 saturated carbocycles. The van der Waals surface area contributed by atoms with Crippen LogP contribution in [0.5, 0.6) is 0 Å². The van der Waals surface area contributed by atoms with Gasteiger partial charge in [0.05, 0.1) is 12.4 Å². The molecule has 0 bridgehead atoms. The van der Waals surface area contributed by atoms with Crippen molar-refractivity contribution < 1.29 is 22.5 Å². The first-order valence-corrected chi connectivity index (χ1v) is 5.67. The summed E-state index contributed by atoms with van der Waals surface area (Å²) >= 11 is 0.